The Morgan fingerprint density at radius 2 is 1.60 bits per heavy atom. The van der Waals surface area contributed by atoms with Gasteiger partial charge in [-0.2, -0.15) is 36.2 Å². The van der Waals surface area contributed by atoms with Crippen LogP contribution in [0.2, 0.25) is 0 Å². The van der Waals surface area contributed by atoms with Gasteiger partial charge < -0.3 is 25.2 Å². The van der Waals surface area contributed by atoms with Gasteiger partial charge in [0, 0.05) is 35.5 Å². The molecule has 231 valence electrons. The normalized spacial score (nSPS) is 14.2. The number of benzene rings is 3. The first-order chi connectivity index (χ1) is 19.8. The van der Waals surface area contributed by atoms with Crippen molar-refractivity contribution in [2.45, 2.75) is 9.79 Å². The van der Waals surface area contributed by atoms with Gasteiger partial charge >= 0.3 is 6.08 Å². The monoisotopic (exact) mass is 684 g/mol. The number of nitrogens with one attached hydrogen (secondary N) is 1. The average Bonchev–Trinajstić information content (AvgIpc) is 2.93. The summed E-state index contributed by atoms with van der Waals surface area (Å²) in [5.41, 5.74) is -1.85. The van der Waals surface area contributed by atoms with E-state index in [4.69, 9.17) is 4.74 Å². The minimum Gasteiger partial charge on any atom is -0.505 e. The topological polar surface area (TPSA) is 237 Å². The summed E-state index contributed by atoms with van der Waals surface area (Å²) in [6.07, 6.45) is -1.19. The first-order valence-electron chi connectivity index (χ1n) is 11.8. The number of anilines is 3. The fraction of sp³-hybridized carbons (Fsp3) is 0.174. The van der Waals surface area contributed by atoms with Crippen LogP contribution in [0, 0.1) is 6.08 Å². The minimum absolute atomic E-state index is 0. The van der Waals surface area contributed by atoms with Gasteiger partial charge in [-0.25, -0.2) is 0 Å². The smallest absolute Gasteiger partial charge is 0.315 e. The second-order valence-corrected chi connectivity index (χ2v) is 11.5. The van der Waals surface area contributed by atoms with Crippen LogP contribution < -0.4 is 10.2 Å². The molecule has 43 heavy (non-hydrogen) atoms. The minimum atomic E-state index is -4.95. The molecule has 1 aliphatic rings. The number of fused-ring (bicyclic) bond motifs is 1. The number of phenolic OH excluding ortho intramolecular Hbond substituents is 2. The van der Waals surface area contributed by atoms with Gasteiger partial charge in [-0.05, 0) is 23.6 Å². The van der Waals surface area contributed by atoms with Crippen molar-refractivity contribution in [1.29, 1.82) is 0 Å². The molecule has 1 fully saturated rings. The van der Waals surface area contributed by atoms with Crippen LogP contribution in [-0.4, -0.2) is 77.4 Å². The Hall–Kier alpha value is -4.04. The van der Waals surface area contributed by atoms with Crippen LogP contribution in [0.4, 0.5) is 33.3 Å². The van der Waals surface area contributed by atoms with E-state index in [1.807, 2.05) is 0 Å². The van der Waals surface area contributed by atoms with Gasteiger partial charge in [0.2, 0.25) is 11.9 Å². The molecule has 0 bridgehead atoms. The van der Waals surface area contributed by atoms with Crippen molar-refractivity contribution in [3.63, 3.8) is 0 Å². The molecule has 3 aromatic carbocycles. The van der Waals surface area contributed by atoms with Crippen molar-refractivity contribution in [3.05, 3.63) is 48.5 Å². The van der Waals surface area contributed by atoms with Crippen molar-refractivity contribution in [1.82, 2.24) is 15.0 Å². The number of azo groups is 1. The quantitative estimate of drug-likeness (QED) is 0.0814. The van der Waals surface area contributed by atoms with Gasteiger partial charge in [0.05, 0.1) is 23.8 Å². The van der Waals surface area contributed by atoms with E-state index in [1.54, 1.807) is 17.0 Å². The number of rotatable bonds is 7. The molecule has 1 aliphatic heterocycles. The molecule has 1 saturated heterocycles. The predicted molar refractivity (Wildman–Crippen MR) is 144 cm³/mol. The maximum Gasteiger partial charge on any atom is 0.315 e. The van der Waals surface area contributed by atoms with E-state index < -0.39 is 70.6 Å². The van der Waals surface area contributed by atoms with E-state index in [2.05, 4.69) is 30.5 Å². The Morgan fingerprint density at radius 3 is 2.28 bits per heavy atom. The van der Waals surface area contributed by atoms with Gasteiger partial charge in [-0.1, -0.05) is 24.3 Å². The van der Waals surface area contributed by atoms with E-state index in [9.17, 15) is 40.5 Å². The van der Waals surface area contributed by atoms with Crippen LogP contribution in [0.15, 0.2) is 62.5 Å². The number of halogens is 1. The first-order valence-corrected chi connectivity index (χ1v) is 14.7. The van der Waals surface area contributed by atoms with Crippen LogP contribution in [0.25, 0.3) is 10.8 Å². The number of hydrogen-bond donors (Lipinski definition) is 5. The van der Waals surface area contributed by atoms with Crippen LogP contribution in [0.5, 0.6) is 11.5 Å². The molecule has 0 saturated carbocycles. The van der Waals surface area contributed by atoms with Crippen molar-refractivity contribution < 1.29 is 62.4 Å². The molecule has 0 aliphatic carbocycles. The molecule has 0 amide bonds. The Balaban J connectivity index is 0.00000423. The second kappa shape index (κ2) is 12.3. The molecule has 20 heteroatoms. The van der Waals surface area contributed by atoms with Gasteiger partial charge in [0.1, 0.15) is 16.3 Å². The molecule has 0 spiro atoms. The zero-order valence-corrected chi connectivity index (χ0v) is 24.0. The molecule has 16 nitrogen and oxygen atoms in total. The summed E-state index contributed by atoms with van der Waals surface area (Å²) in [7, 11) is -9.88. The standard InChI is InChI=1S/C23H20FN7O9S2.Cu/c24-21-26-22(28-23(27-21)31-5-7-40-8-6-31)25-15-10-13(41(34,35)36)11-16(20(15)33)29-30-18-17(42(37,38)39)9-12-3-1-2-4-14(12)19(18)32;/h1-4,9-11,32-33H,5-8H2,(H,34,35,36)(H,37,38,39)(H,25,26,27,28);. The predicted octanol–water partition coefficient (Wildman–Crippen LogP) is 3.06. The molecular weight excluding hydrogens is 665 g/mol. The Kier molecular flexibility index (Phi) is 9.11. The number of hydrogen-bond acceptors (Lipinski definition) is 14. The van der Waals surface area contributed by atoms with Crippen molar-refractivity contribution >= 4 is 60.0 Å². The molecule has 1 aromatic heterocycles. The number of aromatic nitrogens is 3. The molecule has 4 aromatic rings. The maximum atomic E-state index is 14.2. The zero-order chi connectivity index (χ0) is 30.2. The van der Waals surface area contributed by atoms with Gasteiger partial charge in [-0.15, -0.1) is 10.2 Å². The third-order valence-electron chi connectivity index (χ3n) is 5.99. The zero-order valence-electron chi connectivity index (χ0n) is 21.4. The Morgan fingerprint density at radius 1 is 0.907 bits per heavy atom. The van der Waals surface area contributed by atoms with Gasteiger partial charge in [0.15, 0.2) is 11.5 Å². The van der Waals surface area contributed by atoms with E-state index in [0.717, 1.165) is 12.1 Å². The summed E-state index contributed by atoms with van der Waals surface area (Å²) >= 11 is 0. The SMILES string of the molecule is O=S(=O)(O)c1cc(N=Nc2c(S(=O)(=O)O)cc3ccccc3c2O)c(O)c(Nc2nc(F)nc(N3CCOCC3)n2)c1.[Cu]. The third-order valence-corrected chi connectivity index (χ3v) is 7.69. The molecule has 1 radical (unpaired) electrons. The third kappa shape index (κ3) is 6.96. The second-order valence-electron chi connectivity index (χ2n) is 8.73. The summed E-state index contributed by atoms with van der Waals surface area (Å²) < 4.78 is 86.9. The summed E-state index contributed by atoms with van der Waals surface area (Å²) in [5.74, 6) is -2.02. The average molecular weight is 685 g/mol. The molecule has 0 atom stereocenters. The molecular formula is C23H20CuFN7O9S2. The van der Waals surface area contributed by atoms with Crippen LogP contribution in [0.3, 0.4) is 0 Å². The summed E-state index contributed by atoms with van der Waals surface area (Å²) in [6, 6.07) is 8.51. The van der Waals surface area contributed by atoms with E-state index in [1.165, 1.54) is 12.1 Å². The largest absolute Gasteiger partial charge is 0.505 e. The fourth-order valence-corrected chi connectivity index (χ4v) is 5.21. The van der Waals surface area contributed by atoms with Gasteiger partial charge in [-0.3, -0.25) is 9.11 Å². The number of nitrogens with zero attached hydrogens (tertiary/aromatic N) is 6. The summed E-state index contributed by atoms with van der Waals surface area (Å²) in [5, 5.41) is 31.8. The molecule has 5 N–H and O–H groups in total. The van der Waals surface area contributed by atoms with E-state index >= 15 is 0 Å². The molecule has 2 heterocycles. The first kappa shape index (κ1) is 31.9. The number of aromatic hydroxyl groups is 2. The molecule has 0 unspecified atom stereocenters. The summed E-state index contributed by atoms with van der Waals surface area (Å²) in [6.45, 7) is 1.38. The number of morpholine rings is 1. The van der Waals surface area contributed by atoms with E-state index in [0.29, 0.717) is 32.4 Å². The van der Waals surface area contributed by atoms with Crippen LogP contribution in [-0.2, 0) is 42.0 Å². The number of ether oxygens (including phenoxy) is 1. The van der Waals surface area contributed by atoms with Crippen LogP contribution >= 0.6 is 0 Å². The Bertz CT molecular complexity index is 1960. The maximum absolute atomic E-state index is 14.2. The van der Waals surface area contributed by atoms with Crippen LogP contribution in [0.1, 0.15) is 0 Å². The van der Waals surface area contributed by atoms with E-state index in [-0.39, 0.29) is 33.8 Å². The van der Waals surface area contributed by atoms with Crippen molar-refractivity contribution in [2.75, 3.05) is 36.5 Å². The van der Waals surface area contributed by atoms with Gasteiger partial charge in [0.25, 0.3) is 20.2 Å². The molecule has 5 rings (SSSR count). The Labute approximate surface area is 253 Å². The fourth-order valence-electron chi connectivity index (χ4n) is 4.02. The van der Waals surface area contributed by atoms with Crippen molar-refractivity contribution in [3.8, 4) is 11.5 Å². The van der Waals surface area contributed by atoms with Crippen molar-refractivity contribution in [2.24, 2.45) is 10.2 Å². The number of phenols is 2. The summed E-state index contributed by atoms with van der Waals surface area (Å²) in [4.78, 5) is 11.2.